The molecule has 2 aromatic rings. The molecule has 0 atom stereocenters. The molecular weight excluding hydrogens is 275 g/mol. The molecule has 1 aliphatic heterocycles. The van der Waals surface area contributed by atoms with Crippen LogP contribution in [0.15, 0.2) is 34.0 Å². The van der Waals surface area contributed by atoms with Crippen LogP contribution in [0, 0.1) is 0 Å². The standard InChI is InChI=1S/C12H8F3N3S/c13-12(14,15)6-1-2-8-9(3-6)17-10-5-19-4-7(10)11(16)18-8/h1-5,17H,(H2,16,18). The summed E-state index contributed by atoms with van der Waals surface area (Å²) in [6, 6.07) is 3.35. The highest BCUT2D eigenvalue weighted by Crippen LogP contribution is 2.39. The lowest BCUT2D eigenvalue weighted by Crippen LogP contribution is -2.11. The predicted molar refractivity (Wildman–Crippen MR) is 69.4 cm³/mol. The monoisotopic (exact) mass is 283 g/mol. The third kappa shape index (κ3) is 2.06. The summed E-state index contributed by atoms with van der Waals surface area (Å²) >= 11 is 1.41. The predicted octanol–water partition coefficient (Wildman–Crippen LogP) is 3.86. The van der Waals surface area contributed by atoms with Crippen molar-refractivity contribution in [3.8, 4) is 0 Å². The van der Waals surface area contributed by atoms with E-state index in [9.17, 15) is 13.2 Å². The first-order valence-corrected chi connectivity index (χ1v) is 6.28. The molecule has 1 aliphatic rings. The molecule has 7 heteroatoms. The van der Waals surface area contributed by atoms with Gasteiger partial charge in [0.1, 0.15) is 5.84 Å². The van der Waals surface area contributed by atoms with Gasteiger partial charge in [0.25, 0.3) is 0 Å². The van der Waals surface area contributed by atoms with Crippen LogP contribution in [0.1, 0.15) is 11.1 Å². The molecule has 1 aromatic heterocycles. The van der Waals surface area contributed by atoms with E-state index in [4.69, 9.17) is 5.73 Å². The zero-order valence-corrected chi connectivity index (χ0v) is 10.3. The number of nitrogens with two attached hydrogens (primary N) is 1. The second-order valence-corrected chi connectivity index (χ2v) is 4.79. The maximum absolute atomic E-state index is 12.7. The molecule has 0 bridgehead atoms. The number of aliphatic imine (C=N–C) groups is 1. The van der Waals surface area contributed by atoms with Crippen LogP contribution < -0.4 is 11.1 Å². The number of fused-ring (bicyclic) bond motifs is 2. The Morgan fingerprint density at radius 2 is 1.95 bits per heavy atom. The molecule has 98 valence electrons. The van der Waals surface area contributed by atoms with Crippen molar-refractivity contribution < 1.29 is 13.2 Å². The second kappa shape index (κ2) is 3.99. The third-order valence-electron chi connectivity index (χ3n) is 2.77. The number of rotatable bonds is 0. The fourth-order valence-electron chi connectivity index (χ4n) is 1.84. The fraction of sp³-hybridized carbons (Fsp3) is 0.0833. The lowest BCUT2D eigenvalue weighted by atomic mass is 10.1. The maximum atomic E-state index is 12.7. The van der Waals surface area contributed by atoms with Gasteiger partial charge in [-0.15, -0.1) is 11.3 Å². The van der Waals surface area contributed by atoms with Gasteiger partial charge in [0.15, 0.2) is 0 Å². The molecule has 1 aromatic carbocycles. The van der Waals surface area contributed by atoms with E-state index in [1.54, 1.807) is 10.8 Å². The fourth-order valence-corrected chi connectivity index (χ4v) is 2.61. The van der Waals surface area contributed by atoms with Crippen molar-refractivity contribution in [1.29, 1.82) is 0 Å². The van der Waals surface area contributed by atoms with Crippen LogP contribution in [0.3, 0.4) is 0 Å². The van der Waals surface area contributed by atoms with Crippen molar-refractivity contribution in [3.05, 3.63) is 40.1 Å². The molecule has 0 radical (unpaired) electrons. The van der Waals surface area contributed by atoms with Crippen molar-refractivity contribution >= 4 is 34.2 Å². The zero-order valence-electron chi connectivity index (χ0n) is 9.45. The molecule has 2 heterocycles. The lowest BCUT2D eigenvalue weighted by molar-refractivity contribution is -0.137. The Morgan fingerprint density at radius 1 is 1.16 bits per heavy atom. The Labute approximate surface area is 110 Å². The topological polar surface area (TPSA) is 50.4 Å². The Morgan fingerprint density at radius 3 is 2.68 bits per heavy atom. The first kappa shape index (κ1) is 12.0. The SMILES string of the molecule is NC1=Nc2ccc(C(F)(F)F)cc2Nc2cscc21. The largest absolute Gasteiger partial charge is 0.416 e. The molecule has 0 spiro atoms. The van der Waals surface area contributed by atoms with E-state index in [0.717, 1.165) is 12.1 Å². The highest BCUT2D eigenvalue weighted by molar-refractivity contribution is 7.08. The van der Waals surface area contributed by atoms with Gasteiger partial charge >= 0.3 is 6.18 Å². The lowest BCUT2D eigenvalue weighted by Gasteiger charge is -2.11. The number of nitrogens with zero attached hydrogens (tertiary/aromatic N) is 1. The van der Waals surface area contributed by atoms with Gasteiger partial charge in [-0.2, -0.15) is 13.2 Å². The van der Waals surface area contributed by atoms with Gasteiger partial charge in [-0.05, 0) is 18.2 Å². The van der Waals surface area contributed by atoms with E-state index in [2.05, 4.69) is 10.3 Å². The highest BCUT2D eigenvalue weighted by Gasteiger charge is 2.31. The van der Waals surface area contributed by atoms with E-state index in [1.165, 1.54) is 17.4 Å². The molecular formula is C12H8F3N3S. The molecule has 19 heavy (non-hydrogen) atoms. The number of anilines is 2. The van der Waals surface area contributed by atoms with Crippen LogP contribution in [-0.4, -0.2) is 5.84 Å². The van der Waals surface area contributed by atoms with E-state index in [1.807, 2.05) is 0 Å². The molecule has 0 unspecified atom stereocenters. The van der Waals surface area contributed by atoms with Gasteiger partial charge in [-0.3, -0.25) is 0 Å². The number of nitrogens with one attached hydrogen (secondary N) is 1. The minimum absolute atomic E-state index is 0.294. The molecule has 0 aliphatic carbocycles. The molecule has 0 saturated carbocycles. The third-order valence-corrected chi connectivity index (χ3v) is 3.52. The van der Waals surface area contributed by atoms with Gasteiger partial charge in [0, 0.05) is 10.8 Å². The van der Waals surface area contributed by atoms with Crippen molar-refractivity contribution in [3.63, 3.8) is 0 Å². The Hall–Kier alpha value is -2.02. The number of amidine groups is 1. The first-order valence-electron chi connectivity index (χ1n) is 5.34. The number of hydrogen-bond donors (Lipinski definition) is 2. The molecule has 3 N–H and O–H groups in total. The minimum atomic E-state index is -4.38. The molecule has 0 amide bonds. The molecule has 0 saturated heterocycles. The average Bonchev–Trinajstić information content (AvgIpc) is 2.73. The maximum Gasteiger partial charge on any atom is 0.416 e. The van der Waals surface area contributed by atoms with E-state index in [0.29, 0.717) is 28.5 Å². The second-order valence-electron chi connectivity index (χ2n) is 4.05. The zero-order chi connectivity index (χ0) is 13.6. The normalized spacial score (nSPS) is 13.9. The summed E-state index contributed by atoms with van der Waals surface area (Å²) < 4.78 is 38.1. The summed E-state index contributed by atoms with van der Waals surface area (Å²) in [5, 5.41) is 6.53. The number of halogens is 3. The first-order chi connectivity index (χ1) is 8.95. The summed E-state index contributed by atoms with van der Waals surface area (Å²) in [6.07, 6.45) is -4.38. The summed E-state index contributed by atoms with van der Waals surface area (Å²) in [4.78, 5) is 4.15. The van der Waals surface area contributed by atoms with Crippen LogP contribution in [-0.2, 0) is 6.18 Å². The highest BCUT2D eigenvalue weighted by atomic mass is 32.1. The number of thiophene rings is 1. The smallest absolute Gasteiger partial charge is 0.383 e. The van der Waals surface area contributed by atoms with Gasteiger partial charge in [-0.1, -0.05) is 0 Å². The minimum Gasteiger partial charge on any atom is -0.383 e. The van der Waals surface area contributed by atoms with Gasteiger partial charge in [0.05, 0.1) is 28.2 Å². The van der Waals surface area contributed by atoms with Crippen molar-refractivity contribution in [2.75, 3.05) is 5.32 Å². The van der Waals surface area contributed by atoms with E-state index < -0.39 is 11.7 Å². The van der Waals surface area contributed by atoms with Gasteiger partial charge in [0.2, 0.25) is 0 Å². The average molecular weight is 283 g/mol. The van der Waals surface area contributed by atoms with Crippen LogP contribution in [0.2, 0.25) is 0 Å². The van der Waals surface area contributed by atoms with Gasteiger partial charge in [-0.25, -0.2) is 4.99 Å². The van der Waals surface area contributed by atoms with E-state index in [-0.39, 0.29) is 0 Å². The number of hydrogen-bond acceptors (Lipinski definition) is 4. The molecule has 0 fully saturated rings. The summed E-state index contributed by atoms with van der Waals surface area (Å²) in [6.45, 7) is 0. The van der Waals surface area contributed by atoms with Crippen LogP contribution in [0.5, 0.6) is 0 Å². The Kier molecular flexibility index (Phi) is 2.53. The van der Waals surface area contributed by atoms with Crippen molar-refractivity contribution in [2.24, 2.45) is 10.7 Å². The summed E-state index contributed by atoms with van der Waals surface area (Å²) in [5.74, 6) is 0.294. The van der Waals surface area contributed by atoms with Crippen LogP contribution >= 0.6 is 11.3 Å². The Balaban J connectivity index is 2.15. The van der Waals surface area contributed by atoms with Crippen molar-refractivity contribution in [2.45, 2.75) is 6.18 Å². The quantitative estimate of drug-likeness (QED) is 0.771. The number of alkyl halides is 3. The molecule has 3 nitrogen and oxygen atoms in total. The number of benzene rings is 1. The van der Waals surface area contributed by atoms with Crippen molar-refractivity contribution in [1.82, 2.24) is 0 Å². The summed E-state index contributed by atoms with van der Waals surface area (Å²) in [7, 11) is 0. The Bertz CT molecular complexity index is 673. The van der Waals surface area contributed by atoms with Gasteiger partial charge < -0.3 is 11.1 Å². The van der Waals surface area contributed by atoms with Crippen LogP contribution in [0.4, 0.5) is 30.2 Å². The molecule has 3 rings (SSSR count). The van der Waals surface area contributed by atoms with Crippen LogP contribution in [0.25, 0.3) is 0 Å². The van der Waals surface area contributed by atoms with E-state index >= 15 is 0 Å². The summed E-state index contributed by atoms with van der Waals surface area (Å²) in [5.41, 5.74) is 7.18.